The fourth-order valence-electron chi connectivity index (χ4n) is 1.84. The number of furan rings is 1. The molecule has 0 saturated carbocycles. The second-order valence-electron chi connectivity index (χ2n) is 4.04. The van der Waals surface area contributed by atoms with Crippen LogP contribution in [-0.4, -0.2) is 4.98 Å². The third-order valence-corrected chi connectivity index (χ3v) is 3.60. The zero-order valence-corrected chi connectivity index (χ0v) is 11.0. The molecule has 0 unspecified atom stereocenters. The quantitative estimate of drug-likeness (QED) is 0.729. The molecule has 19 heavy (non-hydrogen) atoms. The maximum Gasteiger partial charge on any atom is 0.246 e. The van der Waals surface area contributed by atoms with Gasteiger partial charge in [0.05, 0.1) is 5.39 Å². The average Bonchev–Trinajstić information content (AvgIpc) is 2.99. The van der Waals surface area contributed by atoms with Gasteiger partial charge in [-0.05, 0) is 19.1 Å². The molecule has 0 atom stereocenters. The van der Waals surface area contributed by atoms with Gasteiger partial charge in [0, 0.05) is 11.1 Å². The van der Waals surface area contributed by atoms with E-state index < -0.39 is 0 Å². The van der Waals surface area contributed by atoms with Gasteiger partial charge in [0.1, 0.15) is 23.3 Å². The molecule has 0 spiro atoms. The van der Waals surface area contributed by atoms with E-state index in [4.69, 9.17) is 14.4 Å². The van der Waals surface area contributed by atoms with Crippen LogP contribution in [0.2, 0.25) is 0 Å². The number of nitrogens with zero attached hydrogens (tertiary/aromatic N) is 2. The Bertz CT molecular complexity index is 767. The minimum Gasteiger partial charge on any atom is -0.481 e. The largest absolute Gasteiger partial charge is 0.481 e. The van der Waals surface area contributed by atoms with E-state index in [1.807, 2.05) is 42.6 Å². The molecule has 2 aromatic heterocycles. The number of hydrogen-bond donors (Lipinski definition) is 0. The monoisotopic (exact) mass is 270 g/mol. The summed E-state index contributed by atoms with van der Waals surface area (Å²) in [7, 11) is 0. The van der Waals surface area contributed by atoms with Crippen LogP contribution < -0.4 is 4.74 Å². The van der Waals surface area contributed by atoms with Crippen molar-refractivity contribution < 1.29 is 9.15 Å². The van der Waals surface area contributed by atoms with Gasteiger partial charge in [0.2, 0.25) is 5.76 Å². The molecule has 3 rings (SSSR count). The normalized spacial score (nSPS) is 10.5. The van der Waals surface area contributed by atoms with Gasteiger partial charge in [0.15, 0.2) is 5.75 Å². The van der Waals surface area contributed by atoms with E-state index in [1.54, 1.807) is 11.3 Å². The number of hydrogen-bond acceptors (Lipinski definition) is 5. The Morgan fingerprint density at radius 2 is 2.26 bits per heavy atom. The summed E-state index contributed by atoms with van der Waals surface area (Å²) in [4.78, 5) is 4.33. The van der Waals surface area contributed by atoms with Crippen LogP contribution in [0.25, 0.3) is 11.0 Å². The summed E-state index contributed by atoms with van der Waals surface area (Å²) in [5.74, 6) is 0.695. The Hall–Kier alpha value is -2.32. The molecule has 0 amide bonds. The lowest BCUT2D eigenvalue weighted by molar-refractivity contribution is 0.303. The lowest BCUT2D eigenvalue weighted by Gasteiger charge is -2.01. The van der Waals surface area contributed by atoms with E-state index in [1.165, 1.54) is 0 Å². The van der Waals surface area contributed by atoms with Crippen LogP contribution >= 0.6 is 11.3 Å². The number of aromatic nitrogens is 1. The third-order valence-electron chi connectivity index (χ3n) is 2.66. The van der Waals surface area contributed by atoms with E-state index in [0.717, 1.165) is 16.1 Å². The highest BCUT2D eigenvalue weighted by Gasteiger charge is 2.15. The van der Waals surface area contributed by atoms with E-state index >= 15 is 0 Å². The number of benzene rings is 1. The zero-order chi connectivity index (χ0) is 13.2. The van der Waals surface area contributed by atoms with Gasteiger partial charge in [-0.3, -0.25) is 0 Å². The third kappa shape index (κ3) is 2.18. The second-order valence-corrected chi connectivity index (χ2v) is 4.98. The molecule has 0 aliphatic carbocycles. The summed E-state index contributed by atoms with van der Waals surface area (Å²) < 4.78 is 11.2. The molecule has 0 radical (unpaired) electrons. The van der Waals surface area contributed by atoms with Gasteiger partial charge < -0.3 is 9.15 Å². The molecular formula is C14H10N2O2S. The highest BCUT2D eigenvalue weighted by molar-refractivity contribution is 7.09. The van der Waals surface area contributed by atoms with Crippen molar-refractivity contribution in [2.24, 2.45) is 0 Å². The summed E-state index contributed by atoms with van der Waals surface area (Å²) in [6, 6.07) is 9.46. The molecule has 0 aliphatic rings. The molecule has 0 bridgehead atoms. The van der Waals surface area contributed by atoms with Crippen molar-refractivity contribution in [3.8, 4) is 11.8 Å². The molecule has 1 aromatic carbocycles. The van der Waals surface area contributed by atoms with Crippen LogP contribution in [0.4, 0.5) is 0 Å². The highest BCUT2D eigenvalue weighted by atomic mass is 32.1. The first-order valence-electron chi connectivity index (χ1n) is 5.73. The number of ether oxygens (including phenoxy) is 1. The summed E-state index contributed by atoms with van der Waals surface area (Å²) in [5.41, 5.74) is 1.63. The van der Waals surface area contributed by atoms with E-state index in [0.29, 0.717) is 17.9 Å². The summed E-state index contributed by atoms with van der Waals surface area (Å²) in [6.45, 7) is 2.28. The minimum atomic E-state index is 0.203. The Morgan fingerprint density at radius 1 is 1.42 bits per heavy atom. The van der Waals surface area contributed by atoms with E-state index in [9.17, 15) is 0 Å². The van der Waals surface area contributed by atoms with Crippen molar-refractivity contribution in [2.75, 3.05) is 0 Å². The molecule has 2 heterocycles. The first-order valence-corrected chi connectivity index (χ1v) is 6.61. The van der Waals surface area contributed by atoms with Crippen LogP contribution in [0.15, 0.2) is 34.1 Å². The number of aryl methyl sites for hydroxylation is 1. The predicted octanol–water partition coefficient (Wildman–Crippen LogP) is 3.65. The van der Waals surface area contributed by atoms with Crippen molar-refractivity contribution in [3.63, 3.8) is 0 Å². The van der Waals surface area contributed by atoms with Gasteiger partial charge in [0.25, 0.3) is 0 Å². The summed E-state index contributed by atoms with van der Waals surface area (Å²) in [5, 5.41) is 12.7. The molecular weight excluding hydrogens is 260 g/mol. The lowest BCUT2D eigenvalue weighted by atomic mass is 10.2. The fraction of sp³-hybridized carbons (Fsp3) is 0.143. The van der Waals surface area contributed by atoms with Crippen LogP contribution in [0.3, 0.4) is 0 Å². The second kappa shape index (κ2) is 4.75. The van der Waals surface area contributed by atoms with Crippen molar-refractivity contribution in [1.29, 1.82) is 5.26 Å². The Labute approximate surface area is 113 Å². The van der Waals surface area contributed by atoms with Crippen molar-refractivity contribution in [2.45, 2.75) is 13.5 Å². The van der Waals surface area contributed by atoms with Crippen LogP contribution in [-0.2, 0) is 6.61 Å². The summed E-state index contributed by atoms with van der Waals surface area (Å²) in [6.07, 6.45) is 0. The van der Waals surface area contributed by atoms with Gasteiger partial charge in [-0.25, -0.2) is 4.98 Å². The van der Waals surface area contributed by atoms with Gasteiger partial charge in [-0.1, -0.05) is 12.1 Å². The standard InChI is InChI=1S/C14H10N2O2S/c1-9-8-19-13(16-9)7-17-14-10-4-2-3-5-11(10)18-12(14)6-15/h2-5,8H,7H2,1H3. The lowest BCUT2D eigenvalue weighted by Crippen LogP contribution is -1.95. The molecule has 4 nitrogen and oxygen atoms in total. The first kappa shape index (κ1) is 11.8. The van der Waals surface area contributed by atoms with Gasteiger partial charge in [-0.2, -0.15) is 5.26 Å². The van der Waals surface area contributed by atoms with Crippen LogP contribution in [0.5, 0.6) is 5.75 Å². The van der Waals surface area contributed by atoms with E-state index in [2.05, 4.69) is 4.98 Å². The fourth-order valence-corrected chi connectivity index (χ4v) is 2.52. The first-order chi connectivity index (χ1) is 9.28. The Morgan fingerprint density at radius 3 is 3.00 bits per heavy atom. The molecule has 0 fully saturated rings. The SMILES string of the molecule is Cc1csc(COc2c(C#N)oc3ccccc23)n1. The number of nitriles is 1. The van der Waals surface area contributed by atoms with Crippen molar-refractivity contribution in [1.82, 2.24) is 4.98 Å². The average molecular weight is 270 g/mol. The predicted molar refractivity (Wildman–Crippen MR) is 72.1 cm³/mol. The zero-order valence-electron chi connectivity index (χ0n) is 10.2. The maximum atomic E-state index is 9.08. The minimum absolute atomic E-state index is 0.203. The molecule has 0 aliphatic heterocycles. The topological polar surface area (TPSA) is 59.0 Å². The van der Waals surface area contributed by atoms with Crippen LogP contribution in [0, 0.1) is 18.3 Å². The van der Waals surface area contributed by atoms with E-state index in [-0.39, 0.29) is 5.76 Å². The van der Waals surface area contributed by atoms with Crippen LogP contribution in [0.1, 0.15) is 16.5 Å². The molecule has 0 saturated heterocycles. The molecule has 94 valence electrons. The maximum absolute atomic E-state index is 9.08. The number of rotatable bonds is 3. The van der Waals surface area contributed by atoms with Crippen molar-refractivity contribution >= 4 is 22.3 Å². The number of para-hydroxylation sites is 1. The Balaban J connectivity index is 1.93. The van der Waals surface area contributed by atoms with Gasteiger partial charge >= 0.3 is 0 Å². The smallest absolute Gasteiger partial charge is 0.246 e. The van der Waals surface area contributed by atoms with Crippen molar-refractivity contribution in [3.05, 3.63) is 46.1 Å². The Kier molecular flexibility index (Phi) is 2.94. The van der Waals surface area contributed by atoms with Gasteiger partial charge in [-0.15, -0.1) is 11.3 Å². The molecule has 5 heteroatoms. The molecule has 0 N–H and O–H groups in total. The number of thiazole rings is 1. The summed E-state index contributed by atoms with van der Waals surface area (Å²) >= 11 is 1.54. The molecule has 3 aromatic rings. The highest BCUT2D eigenvalue weighted by Crippen LogP contribution is 2.33. The number of fused-ring (bicyclic) bond motifs is 1.